The molecule has 0 fully saturated rings. The van der Waals surface area contributed by atoms with E-state index in [1.165, 1.54) is 0 Å². The fourth-order valence-electron chi connectivity index (χ4n) is 3.59. The number of fused-ring (bicyclic) bond motifs is 3. The summed E-state index contributed by atoms with van der Waals surface area (Å²) in [4.78, 5) is 23.9. The number of carbonyl (C=O) groups excluding carboxylic acids is 1. The summed E-state index contributed by atoms with van der Waals surface area (Å²) >= 11 is 0. The Labute approximate surface area is 170 Å². The number of ether oxygens (including phenoxy) is 2. The number of hydrogen-bond donors (Lipinski definition) is 2. The van der Waals surface area contributed by atoms with E-state index in [1.54, 1.807) is 6.92 Å². The molecule has 1 unspecified atom stereocenters. The maximum absolute atomic E-state index is 12.3. The molecule has 6 heteroatoms. The minimum absolute atomic E-state index is 0.0777. The molecule has 0 saturated carbocycles. The number of benzene rings is 2. The number of aliphatic carboxylic acids is 1. The van der Waals surface area contributed by atoms with E-state index in [0.717, 1.165) is 22.3 Å². The van der Waals surface area contributed by atoms with Gasteiger partial charge in [0.2, 0.25) is 0 Å². The van der Waals surface area contributed by atoms with Gasteiger partial charge in [-0.15, -0.1) is 0 Å². The van der Waals surface area contributed by atoms with Crippen molar-refractivity contribution in [3.05, 3.63) is 59.7 Å². The van der Waals surface area contributed by atoms with Crippen LogP contribution in [-0.4, -0.2) is 42.5 Å². The van der Waals surface area contributed by atoms with E-state index in [-0.39, 0.29) is 18.4 Å². The van der Waals surface area contributed by atoms with Gasteiger partial charge in [-0.3, -0.25) is 0 Å². The standard InChI is InChI=1S/C23H27NO5/c1-14(2)12-28-15(3)21(22(25)26)24-23(27)29-13-20-18-10-6-4-8-16(18)17-9-5-7-11-19(17)20/h4-11,14-15,20-21H,12-13H2,1-3H3,(H,24,27)(H,25,26)/t15?,21-/m0/s1. The quantitative estimate of drug-likeness (QED) is 0.702. The maximum atomic E-state index is 12.3. The molecule has 3 rings (SSSR count). The summed E-state index contributed by atoms with van der Waals surface area (Å²) in [5, 5.41) is 11.9. The van der Waals surface area contributed by atoms with Crippen LogP contribution < -0.4 is 5.32 Å². The Kier molecular flexibility index (Phi) is 6.54. The minimum Gasteiger partial charge on any atom is -0.480 e. The van der Waals surface area contributed by atoms with Gasteiger partial charge in [0.1, 0.15) is 6.61 Å². The number of carboxylic acids is 1. The van der Waals surface area contributed by atoms with Crippen molar-refractivity contribution < 1.29 is 24.2 Å². The average Bonchev–Trinajstić information content (AvgIpc) is 3.02. The highest BCUT2D eigenvalue weighted by molar-refractivity contribution is 5.81. The van der Waals surface area contributed by atoms with Gasteiger partial charge in [0.25, 0.3) is 0 Å². The van der Waals surface area contributed by atoms with Crippen LogP contribution in [0.25, 0.3) is 11.1 Å². The Morgan fingerprint density at radius 2 is 1.55 bits per heavy atom. The summed E-state index contributed by atoms with van der Waals surface area (Å²) in [6, 6.07) is 14.9. The Morgan fingerprint density at radius 3 is 2.07 bits per heavy atom. The number of amides is 1. The fraction of sp³-hybridized carbons (Fsp3) is 0.391. The molecule has 2 N–H and O–H groups in total. The molecular formula is C23H27NO5. The van der Waals surface area contributed by atoms with E-state index in [1.807, 2.05) is 50.2 Å². The van der Waals surface area contributed by atoms with Gasteiger partial charge in [-0.2, -0.15) is 0 Å². The summed E-state index contributed by atoms with van der Waals surface area (Å²) in [6.07, 6.45) is -1.44. The lowest BCUT2D eigenvalue weighted by Gasteiger charge is -2.23. The lowest BCUT2D eigenvalue weighted by atomic mass is 9.98. The first-order valence-corrected chi connectivity index (χ1v) is 9.84. The maximum Gasteiger partial charge on any atom is 0.407 e. The van der Waals surface area contributed by atoms with E-state index in [9.17, 15) is 14.7 Å². The van der Waals surface area contributed by atoms with Gasteiger partial charge in [0.05, 0.1) is 6.10 Å². The van der Waals surface area contributed by atoms with Crippen molar-refractivity contribution in [2.75, 3.05) is 13.2 Å². The third-order valence-corrected chi connectivity index (χ3v) is 5.04. The molecule has 0 spiro atoms. The van der Waals surface area contributed by atoms with Gasteiger partial charge in [0.15, 0.2) is 6.04 Å². The second kappa shape index (κ2) is 9.09. The Bertz CT molecular complexity index is 834. The number of alkyl carbamates (subject to hydrolysis) is 1. The van der Waals surface area contributed by atoms with Crippen LogP contribution in [0.2, 0.25) is 0 Å². The first-order valence-electron chi connectivity index (χ1n) is 9.84. The Hall–Kier alpha value is -2.86. The third kappa shape index (κ3) is 4.77. The number of carboxylic acid groups (broad SMARTS) is 1. The van der Waals surface area contributed by atoms with E-state index in [2.05, 4.69) is 17.4 Å². The third-order valence-electron chi connectivity index (χ3n) is 5.04. The second-order valence-corrected chi connectivity index (χ2v) is 7.72. The van der Waals surface area contributed by atoms with Gasteiger partial charge in [-0.05, 0) is 35.1 Å². The van der Waals surface area contributed by atoms with Crippen LogP contribution in [0.15, 0.2) is 48.5 Å². The SMILES string of the molecule is CC(C)COC(C)[C@H](NC(=O)OCC1c2ccccc2-c2ccccc21)C(=O)O. The van der Waals surface area contributed by atoms with Gasteiger partial charge < -0.3 is 19.9 Å². The molecule has 1 aliphatic carbocycles. The van der Waals surface area contributed by atoms with Crippen molar-refractivity contribution >= 4 is 12.1 Å². The van der Waals surface area contributed by atoms with Gasteiger partial charge in [-0.1, -0.05) is 62.4 Å². The molecule has 0 heterocycles. The molecule has 29 heavy (non-hydrogen) atoms. The number of hydrogen-bond acceptors (Lipinski definition) is 4. The molecule has 2 aromatic carbocycles. The zero-order chi connectivity index (χ0) is 21.0. The average molecular weight is 397 g/mol. The summed E-state index contributed by atoms with van der Waals surface area (Å²) < 4.78 is 11.0. The predicted octanol–water partition coefficient (Wildman–Crippen LogP) is 4.04. The van der Waals surface area contributed by atoms with Crippen molar-refractivity contribution in [1.82, 2.24) is 5.32 Å². The van der Waals surface area contributed by atoms with Gasteiger partial charge in [-0.25, -0.2) is 9.59 Å². The largest absolute Gasteiger partial charge is 0.480 e. The second-order valence-electron chi connectivity index (χ2n) is 7.72. The van der Waals surface area contributed by atoms with E-state index >= 15 is 0 Å². The van der Waals surface area contributed by atoms with Crippen LogP contribution in [-0.2, 0) is 14.3 Å². The number of carbonyl (C=O) groups is 2. The van der Waals surface area contributed by atoms with E-state index in [4.69, 9.17) is 9.47 Å². The Balaban J connectivity index is 1.65. The zero-order valence-electron chi connectivity index (χ0n) is 16.9. The van der Waals surface area contributed by atoms with Crippen LogP contribution in [0.4, 0.5) is 4.79 Å². The Morgan fingerprint density at radius 1 is 1.00 bits per heavy atom. The summed E-state index contributed by atoms with van der Waals surface area (Å²) in [6.45, 7) is 6.12. The highest BCUT2D eigenvalue weighted by Gasteiger charge is 2.31. The lowest BCUT2D eigenvalue weighted by molar-refractivity contribution is -0.143. The van der Waals surface area contributed by atoms with Crippen molar-refractivity contribution in [3.63, 3.8) is 0 Å². The first-order chi connectivity index (χ1) is 13.9. The van der Waals surface area contributed by atoms with Crippen molar-refractivity contribution in [1.29, 1.82) is 0 Å². The van der Waals surface area contributed by atoms with Crippen molar-refractivity contribution in [2.24, 2.45) is 5.92 Å². The summed E-state index contributed by atoms with van der Waals surface area (Å²) in [7, 11) is 0. The minimum atomic E-state index is -1.18. The van der Waals surface area contributed by atoms with Crippen molar-refractivity contribution in [3.8, 4) is 11.1 Å². The van der Waals surface area contributed by atoms with Crippen LogP contribution in [0, 0.1) is 5.92 Å². The zero-order valence-corrected chi connectivity index (χ0v) is 16.9. The lowest BCUT2D eigenvalue weighted by Crippen LogP contribution is -2.49. The van der Waals surface area contributed by atoms with E-state index in [0.29, 0.717) is 6.61 Å². The summed E-state index contributed by atoms with van der Waals surface area (Å²) in [5.74, 6) is -0.970. The van der Waals surface area contributed by atoms with E-state index < -0.39 is 24.2 Å². The molecule has 0 bridgehead atoms. The van der Waals surface area contributed by atoms with Crippen LogP contribution in [0.5, 0.6) is 0 Å². The highest BCUT2D eigenvalue weighted by atomic mass is 16.6. The summed E-state index contributed by atoms with van der Waals surface area (Å²) in [5.41, 5.74) is 4.47. The molecule has 6 nitrogen and oxygen atoms in total. The first kappa shape index (κ1) is 20.9. The molecule has 0 aliphatic heterocycles. The molecule has 2 atom stereocenters. The molecule has 0 saturated heterocycles. The van der Waals surface area contributed by atoms with Gasteiger partial charge >= 0.3 is 12.1 Å². The molecule has 2 aromatic rings. The molecule has 154 valence electrons. The molecule has 1 aliphatic rings. The van der Waals surface area contributed by atoms with Gasteiger partial charge in [0, 0.05) is 12.5 Å². The van der Waals surface area contributed by atoms with Crippen LogP contribution in [0.3, 0.4) is 0 Å². The number of rotatable bonds is 8. The van der Waals surface area contributed by atoms with Crippen LogP contribution >= 0.6 is 0 Å². The topological polar surface area (TPSA) is 84.9 Å². The molecule has 0 aromatic heterocycles. The van der Waals surface area contributed by atoms with Crippen LogP contribution in [0.1, 0.15) is 37.8 Å². The molecule has 1 amide bonds. The smallest absolute Gasteiger partial charge is 0.407 e. The fourth-order valence-corrected chi connectivity index (χ4v) is 3.59. The molecule has 0 radical (unpaired) electrons. The normalized spacial score (nSPS) is 14.8. The number of nitrogens with one attached hydrogen (secondary N) is 1. The molecular weight excluding hydrogens is 370 g/mol. The predicted molar refractivity (Wildman–Crippen MR) is 110 cm³/mol. The monoisotopic (exact) mass is 397 g/mol. The van der Waals surface area contributed by atoms with Crippen molar-refractivity contribution in [2.45, 2.75) is 38.8 Å². The highest BCUT2D eigenvalue weighted by Crippen LogP contribution is 2.44.